The van der Waals surface area contributed by atoms with E-state index < -0.39 is 0 Å². The fourth-order valence-electron chi connectivity index (χ4n) is 3.23. The van der Waals surface area contributed by atoms with Crippen molar-refractivity contribution >= 4 is 23.6 Å². The fourth-order valence-corrected chi connectivity index (χ4v) is 4.02. The number of nitrogens with zero attached hydrogens (tertiary/aromatic N) is 4. The van der Waals surface area contributed by atoms with Crippen LogP contribution in [0, 0.1) is 0 Å². The highest BCUT2D eigenvalue weighted by Gasteiger charge is 2.18. The van der Waals surface area contributed by atoms with E-state index in [-0.39, 0.29) is 24.1 Å². The molecule has 0 aliphatic carbocycles. The van der Waals surface area contributed by atoms with Gasteiger partial charge in [0.25, 0.3) is 0 Å². The van der Waals surface area contributed by atoms with Crippen molar-refractivity contribution < 1.29 is 9.59 Å². The van der Waals surface area contributed by atoms with Gasteiger partial charge in [-0.25, -0.2) is 0 Å². The van der Waals surface area contributed by atoms with Crippen LogP contribution in [-0.4, -0.2) is 63.9 Å². The van der Waals surface area contributed by atoms with Crippen LogP contribution in [0.1, 0.15) is 30.7 Å². The van der Waals surface area contributed by atoms with E-state index in [4.69, 9.17) is 0 Å². The van der Waals surface area contributed by atoms with E-state index in [0.29, 0.717) is 6.54 Å². The van der Waals surface area contributed by atoms with Crippen molar-refractivity contribution in [2.24, 2.45) is 0 Å². The number of rotatable bonds is 9. The molecule has 1 aromatic carbocycles. The molecule has 156 valence electrons. The van der Waals surface area contributed by atoms with E-state index >= 15 is 0 Å². The highest BCUT2D eigenvalue weighted by molar-refractivity contribution is 7.99. The van der Waals surface area contributed by atoms with E-state index in [1.807, 2.05) is 18.2 Å². The molecule has 1 fully saturated rings. The maximum Gasteiger partial charge on any atom is 0.239 e. The first kappa shape index (κ1) is 21.3. The largest absolute Gasteiger partial charge is 0.358 e. The third-order valence-electron chi connectivity index (χ3n) is 4.85. The molecule has 2 aromatic rings. The van der Waals surface area contributed by atoms with Crippen LogP contribution >= 0.6 is 11.8 Å². The number of hydrogen-bond donors (Lipinski definition) is 2. The normalized spacial score (nSPS) is 14.5. The first-order valence-electron chi connectivity index (χ1n) is 9.94. The van der Waals surface area contributed by atoms with Gasteiger partial charge in [-0.2, -0.15) is 0 Å². The number of thioether (sulfide) groups is 1. The summed E-state index contributed by atoms with van der Waals surface area (Å²) >= 11 is 1.34. The van der Waals surface area contributed by atoms with Gasteiger partial charge in [0.15, 0.2) is 5.16 Å². The summed E-state index contributed by atoms with van der Waals surface area (Å²) in [4.78, 5) is 25.7. The predicted molar refractivity (Wildman–Crippen MR) is 112 cm³/mol. The minimum absolute atomic E-state index is 0.0210. The number of amides is 2. The summed E-state index contributed by atoms with van der Waals surface area (Å²) in [5.41, 5.74) is 1.16. The number of nitrogens with one attached hydrogen (secondary N) is 2. The quantitative estimate of drug-likeness (QED) is 0.598. The SMILES string of the molecule is CNC(=O)CNC(=O)CSc1nnc(CN2CCCCC2)n1Cc1ccccc1. The first-order valence-corrected chi connectivity index (χ1v) is 10.9. The Hall–Kier alpha value is -2.39. The molecule has 1 aliphatic heterocycles. The van der Waals surface area contributed by atoms with Crippen molar-refractivity contribution in [3.63, 3.8) is 0 Å². The molecule has 9 heteroatoms. The number of likely N-dealkylation sites (tertiary alicyclic amines) is 1. The van der Waals surface area contributed by atoms with Crippen molar-refractivity contribution in [1.82, 2.24) is 30.3 Å². The van der Waals surface area contributed by atoms with Crippen LogP contribution in [0.25, 0.3) is 0 Å². The number of piperidine rings is 1. The summed E-state index contributed by atoms with van der Waals surface area (Å²) < 4.78 is 2.10. The second kappa shape index (κ2) is 11.0. The highest BCUT2D eigenvalue weighted by Crippen LogP contribution is 2.20. The summed E-state index contributed by atoms with van der Waals surface area (Å²) in [7, 11) is 1.54. The van der Waals surface area contributed by atoms with Gasteiger partial charge in [-0.15, -0.1) is 10.2 Å². The Morgan fingerprint density at radius 2 is 1.79 bits per heavy atom. The third-order valence-corrected chi connectivity index (χ3v) is 5.81. The Balaban J connectivity index is 1.68. The van der Waals surface area contributed by atoms with Crippen LogP contribution in [0.3, 0.4) is 0 Å². The molecule has 2 amide bonds. The molecule has 0 bridgehead atoms. The predicted octanol–water partition coefficient (Wildman–Crippen LogP) is 1.27. The van der Waals surface area contributed by atoms with Crippen LogP contribution in [-0.2, 0) is 22.7 Å². The molecular weight excluding hydrogens is 388 g/mol. The Bertz CT molecular complexity index is 805. The van der Waals surface area contributed by atoms with E-state index in [0.717, 1.165) is 36.2 Å². The lowest BCUT2D eigenvalue weighted by Crippen LogP contribution is -2.36. The Kier molecular flexibility index (Phi) is 8.06. The lowest BCUT2D eigenvalue weighted by atomic mass is 10.1. The summed E-state index contributed by atoms with van der Waals surface area (Å²) in [5.74, 6) is 0.682. The van der Waals surface area contributed by atoms with Gasteiger partial charge in [-0.3, -0.25) is 14.5 Å². The molecule has 8 nitrogen and oxygen atoms in total. The molecule has 0 saturated carbocycles. The zero-order chi connectivity index (χ0) is 20.5. The number of likely N-dealkylation sites (N-methyl/N-ethyl adjacent to an activating group) is 1. The molecule has 29 heavy (non-hydrogen) atoms. The van der Waals surface area contributed by atoms with Gasteiger partial charge in [-0.1, -0.05) is 48.5 Å². The second-order valence-electron chi connectivity index (χ2n) is 7.05. The molecule has 2 N–H and O–H groups in total. The van der Waals surface area contributed by atoms with Crippen molar-refractivity contribution in [3.8, 4) is 0 Å². The second-order valence-corrected chi connectivity index (χ2v) is 7.99. The number of carbonyl (C=O) groups is 2. The van der Waals surface area contributed by atoms with Gasteiger partial charge >= 0.3 is 0 Å². The molecule has 3 rings (SSSR count). The summed E-state index contributed by atoms with van der Waals surface area (Å²) in [6.07, 6.45) is 3.74. The van der Waals surface area contributed by atoms with Gasteiger partial charge in [0.05, 0.1) is 25.4 Å². The lowest BCUT2D eigenvalue weighted by molar-refractivity contribution is -0.124. The van der Waals surface area contributed by atoms with Crippen LogP contribution in [0.5, 0.6) is 0 Å². The van der Waals surface area contributed by atoms with Crippen LogP contribution < -0.4 is 10.6 Å². The van der Waals surface area contributed by atoms with Crippen LogP contribution in [0.4, 0.5) is 0 Å². The van der Waals surface area contributed by atoms with Crippen LogP contribution in [0.15, 0.2) is 35.5 Å². The molecule has 1 saturated heterocycles. The highest BCUT2D eigenvalue weighted by atomic mass is 32.2. The molecule has 0 atom stereocenters. The molecule has 0 spiro atoms. The number of carbonyl (C=O) groups excluding carboxylic acids is 2. The van der Waals surface area contributed by atoms with Gasteiger partial charge in [0.2, 0.25) is 11.8 Å². The molecule has 0 unspecified atom stereocenters. The third kappa shape index (κ3) is 6.57. The molecule has 1 aromatic heterocycles. The monoisotopic (exact) mass is 416 g/mol. The fraction of sp³-hybridized carbons (Fsp3) is 0.500. The zero-order valence-corrected chi connectivity index (χ0v) is 17.6. The average molecular weight is 417 g/mol. The van der Waals surface area contributed by atoms with Gasteiger partial charge in [0.1, 0.15) is 5.82 Å². The lowest BCUT2D eigenvalue weighted by Gasteiger charge is -2.26. The van der Waals surface area contributed by atoms with Crippen molar-refractivity contribution in [3.05, 3.63) is 41.7 Å². The Labute approximate surface area is 175 Å². The molecule has 0 radical (unpaired) electrons. The van der Waals surface area contributed by atoms with Gasteiger partial charge in [-0.05, 0) is 31.5 Å². The van der Waals surface area contributed by atoms with E-state index in [9.17, 15) is 9.59 Å². The van der Waals surface area contributed by atoms with E-state index in [2.05, 4.69) is 42.4 Å². The Morgan fingerprint density at radius 1 is 1.03 bits per heavy atom. The maximum absolute atomic E-state index is 12.1. The van der Waals surface area contributed by atoms with Crippen molar-refractivity contribution in [1.29, 1.82) is 0 Å². The smallest absolute Gasteiger partial charge is 0.239 e. The molecular formula is C20H28N6O2S. The van der Waals surface area contributed by atoms with E-state index in [1.54, 1.807) is 7.05 Å². The van der Waals surface area contributed by atoms with Gasteiger partial charge < -0.3 is 15.2 Å². The summed E-state index contributed by atoms with van der Waals surface area (Å²) in [5, 5.41) is 14.6. The number of aromatic nitrogens is 3. The summed E-state index contributed by atoms with van der Waals surface area (Å²) in [6, 6.07) is 10.2. The Morgan fingerprint density at radius 3 is 2.52 bits per heavy atom. The van der Waals surface area contributed by atoms with Gasteiger partial charge in [0, 0.05) is 7.05 Å². The number of hydrogen-bond acceptors (Lipinski definition) is 6. The van der Waals surface area contributed by atoms with Crippen molar-refractivity contribution in [2.45, 2.75) is 37.5 Å². The molecule has 2 heterocycles. The van der Waals surface area contributed by atoms with Crippen LogP contribution in [0.2, 0.25) is 0 Å². The standard InChI is InChI=1S/C20H28N6O2S/c1-21-18(27)12-22-19(28)15-29-20-24-23-17(14-25-10-6-3-7-11-25)26(20)13-16-8-4-2-5-9-16/h2,4-5,8-9H,3,6-7,10-15H2,1H3,(H,21,27)(H,22,28). The average Bonchev–Trinajstić information content (AvgIpc) is 3.13. The van der Waals surface area contributed by atoms with E-state index in [1.165, 1.54) is 31.0 Å². The summed E-state index contributed by atoms with van der Waals surface area (Å²) in [6.45, 7) is 3.58. The minimum atomic E-state index is -0.223. The molecule has 1 aliphatic rings. The zero-order valence-electron chi connectivity index (χ0n) is 16.8. The van der Waals surface area contributed by atoms with Crippen molar-refractivity contribution in [2.75, 3.05) is 32.4 Å². The maximum atomic E-state index is 12.1. The topological polar surface area (TPSA) is 92.2 Å². The minimum Gasteiger partial charge on any atom is -0.358 e. The number of benzene rings is 1. The first-order chi connectivity index (χ1) is 14.2.